The molecule has 0 aliphatic heterocycles. The summed E-state index contributed by atoms with van der Waals surface area (Å²) >= 11 is 0. The molecule has 1 N–H and O–H groups in total. The molecule has 0 fully saturated rings. The minimum Gasteiger partial charge on any atom is -0.486 e. The highest BCUT2D eigenvalue weighted by molar-refractivity contribution is 7.91. The number of benzene rings is 2. The topological polar surface area (TPSA) is 89.8 Å². The van der Waals surface area contributed by atoms with Crippen LogP contribution in [0.1, 0.15) is 28.5 Å². The Labute approximate surface area is 186 Å². The van der Waals surface area contributed by atoms with E-state index in [0.717, 1.165) is 16.9 Å². The molecule has 4 aromatic rings. The lowest BCUT2D eigenvalue weighted by Gasteiger charge is -2.11. The number of hydrogen-bond donors (Lipinski definition) is 1. The number of hydrogen-bond acceptors (Lipinski definition) is 5. The van der Waals surface area contributed by atoms with Crippen molar-refractivity contribution in [1.82, 2.24) is 9.38 Å². The molecule has 7 nitrogen and oxygen atoms in total. The van der Waals surface area contributed by atoms with Crippen molar-refractivity contribution >= 4 is 27.1 Å². The van der Waals surface area contributed by atoms with Crippen LogP contribution >= 0.6 is 0 Å². The second kappa shape index (κ2) is 8.84. The smallest absolute Gasteiger partial charge is 0.259 e. The Morgan fingerprint density at radius 1 is 1.06 bits per heavy atom. The Hall–Kier alpha value is -3.65. The van der Waals surface area contributed by atoms with Gasteiger partial charge in [0.15, 0.2) is 9.84 Å². The minimum absolute atomic E-state index is 0.0231. The summed E-state index contributed by atoms with van der Waals surface area (Å²) in [5, 5.41) is 2.79. The first-order chi connectivity index (χ1) is 15.4. The molecular formula is C24H23N3O4S. The molecule has 0 atom stereocenters. The van der Waals surface area contributed by atoms with E-state index in [1.54, 1.807) is 43.3 Å². The second-order valence-electron chi connectivity index (χ2n) is 7.32. The van der Waals surface area contributed by atoms with Crippen LogP contribution in [0, 0.1) is 6.92 Å². The lowest BCUT2D eigenvalue weighted by Crippen LogP contribution is -2.14. The van der Waals surface area contributed by atoms with Gasteiger partial charge in [-0.3, -0.25) is 4.79 Å². The van der Waals surface area contributed by atoms with Gasteiger partial charge in [-0.2, -0.15) is 0 Å². The number of imidazole rings is 1. The third-order valence-electron chi connectivity index (χ3n) is 5.09. The molecule has 1 amide bonds. The van der Waals surface area contributed by atoms with Crippen molar-refractivity contribution in [3.05, 3.63) is 89.9 Å². The molecule has 0 radical (unpaired) electrons. The number of rotatable bonds is 7. The number of anilines is 1. The third kappa shape index (κ3) is 4.50. The van der Waals surface area contributed by atoms with Gasteiger partial charge in [0.2, 0.25) is 0 Å². The molecule has 8 heteroatoms. The third-order valence-corrected chi connectivity index (χ3v) is 6.84. The summed E-state index contributed by atoms with van der Waals surface area (Å²) in [6.07, 6.45) is 3.83. The number of pyridine rings is 1. The molecule has 32 heavy (non-hydrogen) atoms. The Morgan fingerprint density at radius 2 is 1.81 bits per heavy atom. The summed E-state index contributed by atoms with van der Waals surface area (Å²) in [6, 6.07) is 17.0. The number of aryl methyl sites for hydroxylation is 1. The van der Waals surface area contributed by atoms with Crippen LogP contribution in [0.3, 0.4) is 0 Å². The first-order valence-electron chi connectivity index (χ1n) is 10.2. The molecule has 0 bridgehead atoms. The number of amides is 1. The van der Waals surface area contributed by atoms with E-state index in [1.165, 1.54) is 12.1 Å². The fraction of sp³-hybridized carbons (Fsp3) is 0.167. The Kier molecular flexibility index (Phi) is 5.96. The fourth-order valence-electron chi connectivity index (χ4n) is 3.32. The van der Waals surface area contributed by atoms with E-state index in [0.29, 0.717) is 17.0 Å². The molecule has 0 spiro atoms. The van der Waals surface area contributed by atoms with Crippen LogP contribution in [-0.4, -0.2) is 29.5 Å². The van der Waals surface area contributed by atoms with Crippen molar-refractivity contribution in [2.45, 2.75) is 25.3 Å². The number of nitrogens with zero attached hydrogens (tertiary/aromatic N) is 2. The highest BCUT2D eigenvalue weighted by Crippen LogP contribution is 2.22. The largest absolute Gasteiger partial charge is 0.486 e. The van der Waals surface area contributed by atoms with Gasteiger partial charge in [-0.25, -0.2) is 13.4 Å². The quantitative estimate of drug-likeness (QED) is 0.455. The molecule has 164 valence electrons. The van der Waals surface area contributed by atoms with E-state index in [4.69, 9.17) is 4.74 Å². The Balaban J connectivity index is 1.48. The summed E-state index contributed by atoms with van der Waals surface area (Å²) in [5.74, 6) is 0.108. The maximum absolute atomic E-state index is 12.8. The average Bonchev–Trinajstić information content (AvgIpc) is 3.23. The summed E-state index contributed by atoms with van der Waals surface area (Å²) in [4.78, 5) is 17.7. The summed E-state index contributed by atoms with van der Waals surface area (Å²) in [5.41, 5.74) is 3.55. The van der Waals surface area contributed by atoms with Crippen molar-refractivity contribution in [3.63, 3.8) is 0 Å². The lowest BCUT2D eigenvalue weighted by molar-refractivity contribution is 0.102. The van der Waals surface area contributed by atoms with Gasteiger partial charge in [-0.1, -0.05) is 25.1 Å². The van der Waals surface area contributed by atoms with Crippen molar-refractivity contribution < 1.29 is 17.9 Å². The molecule has 0 unspecified atom stereocenters. The highest BCUT2D eigenvalue weighted by atomic mass is 32.2. The van der Waals surface area contributed by atoms with E-state index < -0.39 is 9.84 Å². The van der Waals surface area contributed by atoms with Gasteiger partial charge in [0.1, 0.15) is 18.0 Å². The van der Waals surface area contributed by atoms with E-state index in [-0.39, 0.29) is 23.2 Å². The molecule has 4 rings (SSSR count). The summed E-state index contributed by atoms with van der Waals surface area (Å²) in [6.45, 7) is 3.81. The standard InChI is InChI=1S/C24H23N3O4S/c1-3-32(29,30)20-12-10-18(11-13-20)26-24(28)21-8-4-5-9-22(21)31-16-19-15-27-14-6-7-17(2)23(27)25-19/h4-15H,3,16H2,1-2H3,(H,26,28). The zero-order valence-corrected chi connectivity index (χ0v) is 18.6. The molecular weight excluding hydrogens is 426 g/mol. The van der Waals surface area contributed by atoms with Gasteiger partial charge in [0.05, 0.1) is 21.9 Å². The molecule has 2 heterocycles. The normalized spacial score (nSPS) is 11.4. The number of nitrogens with one attached hydrogen (secondary N) is 1. The fourth-order valence-corrected chi connectivity index (χ4v) is 4.20. The molecule has 0 saturated heterocycles. The number of carbonyl (C=O) groups excluding carboxylic acids is 1. The van der Waals surface area contributed by atoms with Gasteiger partial charge < -0.3 is 14.5 Å². The zero-order valence-electron chi connectivity index (χ0n) is 17.8. The molecule has 2 aromatic heterocycles. The van der Waals surface area contributed by atoms with Gasteiger partial charge in [0.25, 0.3) is 5.91 Å². The predicted octanol–water partition coefficient (Wildman–Crippen LogP) is 4.27. The maximum atomic E-state index is 12.8. The van der Waals surface area contributed by atoms with Crippen molar-refractivity contribution in [3.8, 4) is 5.75 Å². The molecule has 2 aromatic carbocycles. The average molecular weight is 450 g/mol. The SMILES string of the molecule is CCS(=O)(=O)c1ccc(NC(=O)c2ccccc2OCc2cn3cccc(C)c3n2)cc1. The van der Waals surface area contributed by atoms with Crippen LogP contribution in [-0.2, 0) is 16.4 Å². The Bertz CT molecular complexity index is 1380. The van der Waals surface area contributed by atoms with E-state index in [1.807, 2.05) is 35.9 Å². The van der Waals surface area contributed by atoms with Crippen molar-refractivity contribution in [2.75, 3.05) is 11.1 Å². The first kappa shape index (κ1) is 21.6. The number of sulfone groups is 1. The van der Waals surface area contributed by atoms with E-state index in [2.05, 4.69) is 10.3 Å². The van der Waals surface area contributed by atoms with Crippen LogP contribution < -0.4 is 10.1 Å². The summed E-state index contributed by atoms with van der Waals surface area (Å²) in [7, 11) is -3.29. The highest BCUT2D eigenvalue weighted by Gasteiger charge is 2.15. The number of para-hydroxylation sites is 1. The monoisotopic (exact) mass is 449 g/mol. The molecule has 0 saturated carbocycles. The van der Waals surface area contributed by atoms with Gasteiger partial charge >= 0.3 is 0 Å². The van der Waals surface area contributed by atoms with Crippen molar-refractivity contribution in [1.29, 1.82) is 0 Å². The van der Waals surface area contributed by atoms with E-state index in [9.17, 15) is 13.2 Å². The predicted molar refractivity (Wildman–Crippen MR) is 123 cm³/mol. The second-order valence-corrected chi connectivity index (χ2v) is 9.60. The Morgan fingerprint density at radius 3 is 2.53 bits per heavy atom. The number of carbonyl (C=O) groups is 1. The zero-order chi connectivity index (χ0) is 22.7. The maximum Gasteiger partial charge on any atom is 0.259 e. The van der Waals surface area contributed by atoms with Crippen molar-refractivity contribution in [2.24, 2.45) is 0 Å². The van der Waals surface area contributed by atoms with Crippen LogP contribution in [0.5, 0.6) is 5.75 Å². The van der Waals surface area contributed by atoms with Gasteiger partial charge in [0, 0.05) is 18.1 Å². The van der Waals surface area contributed by atoms with Gasteiger partial charge in [-0.05, 0) is 55.0 Å². The molecule has 0 aliphatic carbocycles. The van der Waals surface area contributed by atoms with Gasteiger partial charge in [-0.15, -0.1) is 0 Å². The summed E-state index contributed by atoms with van der Waals surface area (Å²) < 4.78 is 31.8. The first-order valence-corrected chi connectivity index (χ1v) is 11.8. The molecule has 0 aliphatic rings. The number of fused-ring (bicyclic) bond motifs is 1. The number of aromatic nitrogens is 2. The van der Waals surface area contributed by atoms with Crippen LogP contribution in [0.2, 0.25) is 0 Å². The lowest BCUT2D eigenvalue weighted by atomic mass is 10.2. The van der Waals surface area contributed by atoms with Crippen LogP contribution in [0.15, 0.2) is 78.0 Å². The van der Waals surface area contributed by atoms with Crippen LogP contribution in [0.25, 0.3) is 5.65 Å². The number of ether oxygens (including phenoxy) is 1. The van der Waals surface area contributed by atoms with E-state index >= 15 is 0 Å². The van der Waals surface area contributed by atoms with Crippen LogP contribution in [0.4, 0.5) is 5.69 Å². The minimum atomic E-state index is -3.29.